The van der Waals surface area contributed by atoms with Crippen molar-refractivity contribution in [3.63, 3.8) is 0 Å². The maximum atomic E-state index is 11.2. The van der Waals surface area contributed by atoms with Crippen molar-refractivity contribution in [3.05, 3.63) is 0 Å². The average Bonchev–Trinajstić information content (AvgIpc) is 2.31. The summed E-state index contributed by atoms with van der Waals surface area (Å²) >= 11 is 2.04. The minimum atomic E-state index is -0.409. The van der Waals surface area contributed by atoms with Gasteiger partial charge in [0.2, 0.25) is 0 Å². The average molecular weight is 272 g/mol. The second-order valence-corrected chi connectivity index (χ2v) is 5.04. The summed E-state index contributed by atoms with van der Waals surface area (Å²) in [5.41, 5.74) is -0.409. The van der Waals surface area contributed by atoms with Crippen LogP contribution in [-0.2, 0) is 9.53 Å². The molecule has 0 rings (SSSR count). The molecular weight excluding hydrogens is 244 g/mol. The number of thiol groups is 2. The van der Waals surface area contributed by atoms with Gasteiger partial charge in [-0.05, 0) is 45.1 Å². The van der Waals surface area contributed by atoms with Crippen molar-refractivity contribution in [2.75, 3.05) is 24.7 Å². The standard InChI is InChI=1S/C8H16O2S.C3H8OS/c1-8(2,3)7(9)10-5-4-6-11;4-2-1-3-5/h11H,4-6H2,1-3H3;4-5H,1-3H2/i/hT2. The Hall–Kier alpha value is 0.130. The molecular formula is C11H24O3S2. The highest BCUT2D eigenvalue weighted by Gasteiger charge is 2.22. The maximum Gasteiger partial charge on any atom is 0.311 e. The van der Waals surface area contributed by atoms with Gasteiger partial charge in [-0.1, -0.05) is 0 Å². The van der Waals surface area contributed by atoms with Crippen LogP contribution in [0.15, 0.2) is 0 Å². The third kappa shape index (κ3) is 14.1. The lowest BCUT2D eigenvalue weighted by Gasteiger charge is -2.15. The van der Waals surface area contributed by atoms with Crippen LogP contribution in [0, 0.1) is 5.41 Å². The molecule has 1 N–H and O–H groups in total. The Morgan fingerprint density at radius 3 is 2.25 bits per heavy atom. The Labute approximate surface area is 112 Å². The van der Waals surface area contributed by atoms with Gasteiger partial charge in [0.1, 0.15) is 2.25 Å². The highest BCUT2D eigenvalue weighted by Crippen LogP contribution is 2.14. The molecule has 0 amide bonds. The van der Waals surface area contributed by atoms with E-state index in [9.17, 15) is 4.79 Å². The molecule has 0 saturated carbocycles. The lowest BCUT2D eigenvalue weighted by molar-refractivity contribution is -0.152. The van der Waals surface area contributed by atoms with Gasteiger partial charge in [0.15, 0.2) is 0 Å². The molecule has 0 aromatic carbocycles. The molecule has 0 radical (unpaired) electrons. The number of carbonyl (C=O) groups excluding carboxylic acids is 1. The Bertz CT molecular complexity index is 195. The summed E-state index contributed by atoms with van der Waals surface area (Å²) in [6, 6.07) is 0. The first-order chi connectivity index (χ1) is 8.40. The Kier molecular flexibility index (Phi) is 10.3. The van der Waals surface area contributed by atoms with E-state index in [4.69, 9.17) is 12.1 Å². The Balaban J connectivity index is 0. The lowest BCUT2D eigenvalue weighted by atomic mass is 9.97. The molecule has 98 valence electrons. The predicted molar refractivity (Wildman–Crippen MR) is 74.4 cm³/mol. The van der Waals surface area contributed by atoms with Gasteiger partial charge in [0.25, 0.3) is 0 Å². The highest BCUT2D eigenvalue weighted by molar-refractivity contribution is 7.80. The first kappa shape index (κ1) is 14.2. The smallest absolute Gasteiger partial charge is 0.311 e. The predicted octanol–water partition coefficient (Wildman–Crippen LogP) is 2.19. The van der Waals surface area contributed by atoms with E-state index < -0.39 is 5.41 Å². The van der Waals surface area contributed by atoms with Crippen LogP contribution in [0.2, 0.25) is 0 Å². The summed E-state index contributed by atoms with van der Waals surface area (Å²) in [7, 11) is 0. The van der Waals surface area contributed by atoms with Crippen LogP contribution in [0.4, 0.5) is 0 Å². The fraction of sp³-hybridized carbons (Fsp3) is 0.909. The minimum Gasteiger partial charge on any atom is -0.465 e. The normalized spacial score (nSPS) is 12.0. The zero-order chi connectivity index (χ0) is 14.4. The van der Waals surface area contributed by atoms with Gasteiger partial charge < -0.3 is 9.84 Å². The van der Waals surface area contributed by atoms with E-state index >= 15 is 0 Å². The zero-order valence-corrected chi connectivity index (χ0v) is 12.0. The molecule has 16 heavy (non-hydrogen) atoms. The van der Waals surface area contributed by atoms with E-state index in [2.05, 4.69) is 0 Å². The van der Waals surface area contributed by atoms with Crippen molar-refractivity contribution in [2.45, 2.75) is 33.6 Å². The first-order valence-electron chi connectivity index (χ1n) is 6.16. The molecule has 0 aromatic heterocycles. The topological polar surface area (TPSA) is 46.5 Å². The highest BCUT2D eigenvalue weighted by atomic mass is 32.1. The first-order valence-corrected chi connectivity index (χ1v) is 6.50. The largest absolute Gasteiger partial charge is 0.465 e. The summed E-state index contributed by atoms with van der Waals surface area (Å²) < 4.78 is 18.3. The molecule has 0 heterocycles. The van der Waals surface area contributed by atoms with Crippen LogP contribution in [0.5, 0.6) is 0 Å². The molecule has 0 atom stereocenters. The molecule has 0 spiro atoms. The molecule has 0 aliphatic rings. The lowest BCUT2D eigenvalue weighted by Crippen LogP contribution is -2.23. The van der Waals surface area contributed by atoms with Gasteiger partial charge in [-0.15, -0.1) is 0 Å². The third-order valence-corrected chi connectivity index (χ3v) is 2.01. The summed E-state index contributed by atoms with van der Waals surface area (Å²) in [5.74, 6) is 1.30. The van der Waals surface area contributed by atoms with Crippen LogP contribution in [-0.4, -0.2) is 38.0 Å². The van der Waals surface area contributed by atoms with E-state index in [1.807, 2.05) is 20.8 Å². The Morgan fingerprint density at radius 1 is 1.31 bits per heavy atom. The summed E-state index contributed by atoms with van der Waals surface area (Å²) in [6.45, 7) is 6.13. The van der Waals surface area contributed by atoms with E-state index in [0.29, 0.717) is 6.61 Å². The van der Waals surface area contributed by atoms with Crippen molar-refractivity contribution in [2.24, 2.45) is 5.41 Å². The second-order valence-electron chi connectivity index (χ2n) is 4.22. The molecule has 0 bridgehead atoms. The van der Waals surface area contributed by atoms with Crippen molar-refractivity contribution in [3.8, 4) is 0 Å². The zero-order valence-electron chi connectivity index (χ0n) is 12.3. The quantitative estimate of drug-likeness (QED) is 0.378. The summed E-state index contributed by atoms with van der Waals surface area (Å²) in [5, 5.41) is 8.10. The number of aliphatic hydroxyl groups excluding tert-OH is 1. The van der Waals surface area contributed by atoms with Gasteiger partial charge in [0.05, 0.1) is 12.0 Å². The van der Waals surface area contributed by atoms with Gasteiger partial charge in [-0.3, -0.25) is 4.79 Å². The van der Waals surface area contributed by atoms with Crippen molar-refractivity contribution in [1.29, 1.82) is 2.25 Å². The molecule has 0 unspecified atom stereocenters. The van der Waals surface area contributed by atoms with E-state index in [0.717, 1.165) is 49.4 Å². The number of esters is 1. The third-order valence-electron chi connectivity index (χ3n) is 1.44. The van der Waals surface area contributed by atoms with Crippen LogP contribution >= 0.6 is 25.1 Å². The molecule has 0 aliphatic carbocycles. The van der Waals surface area contributed by atoms with Crippen LogP contribution < -0.4 is 0 Å². The van der Waals surface area contributed by atoms with Crippen LogP contribution in [0.3, 0.4) is 0 Å². The summed E-state index contributed by atoms with van der Waals surface area (Å²) in [6.07, 6.45) is 1.50. The number of rotatable bonds is 7. The number of aliphatic hydroxyl groups is 1. The molecule has 0 aliphatic heterocycles. The number of ether oxygens (including phenoxy) is 1. The SMILES string of the molecule is [3H]SCCCO.[3H]SCCCOC(=O)C(C)(C)C. The monoisotopic (exact) mass is 272 g/mol. The number of hydrogen-bond donors (Lipinski definition) is 3. The van der Waals surface area contributed by atoms with Crippen molar-refractivity contribution < 1.29 is 14.6 Å². The fourth-order valence-electron chi connectivity index (χ4n) is 0.505. The maximum absolute atomic E-state index is 11.2. The van der Waals surface area contributed by atoms with Gasteiger partial charge in [-0.2, -0.15) is 25.1 Å². The van der Waals surface area contributed by atoms with Crippen molar-refractivity contribution in [1.82, 2.24) is 0 Å². The van der Waals surface area contributed by atoms with Crippen LogP contribution in [0.1, 0.15) is 33.6 Å². The second kappa shape index (κ2) is 11.6. The van der Waals surface area contributed by atoms with E-state index in [-0.39, 0.29) is 12.6 Å². The minimum absolute atomic E-state index is 0.169. The molecule has 0 aromatic rings. The van der Waals surface area contributed by atoms with Gasteiger partial charge >= 0.3 is 5.97 Å². The van der Waals surface area contributed by atoms with Gasteiger partial charge in [-0.25, -0.2) is 0 Å². The molecule has 0 saturated heterocycles. The molecule has 5 heteroatoms. The van der Waals surface area contributed by atoms with E-state index in [1.165, 1.54) is 0 Å². The van der Waals surface area contributed by atoms with E-state index in [1.54, 1.807) is 0 Å². The Morgan fingerprint density at radius 2 is 1.88 bits per heavy atom. The van der Waals surface area contributed by atoms with Crippen LogP contribution in [0.25, 0.3) is 0 Å². The van der Waals surface area contributed by atoms with Gasteiger partial charge in [0, 0.05) is 6.61 Å². The van der Waals surface area contributed by atoms with Crippen molar-refractivity contribution >= 4 is 31.0 Å². The number of hydrogen-bond acceptors (Lipinski definition) is 5. The number of carbonyl (C=O) groups is 1. The summed E-state index contributed by atoms with van der Waals surface area (Å²) in [4.78, 5) is 11.2. The fourth-order valence-corrected chi connectivity index (χ4v) is 0.752. The molecule has 0 fully saturated rings. The molecule has 3 nitrogen and oxygen atoms in total.